The second kappa shape index (κ2) is 10.1. The lowest BCUT2D eigenvalue weighted by Crippen LogP contribution is -2.19. The summed E-state index contributed by atoms with van der Waals surface area (Å²) < 4.78 is 59.4. The fourth-order valence-corrected chi connectivity index (χ4v) is 3.02. The predicted molar refractivity (Wildman–Crippen MR) is 91.9 cm³/mol. The molecular weight excluding hydrogens is 356 g/mol. The summed E-state index contributed by atoms with van der Waals surface area (Å²) in [6, 6.07) is 7.80. The molecule has 4 N–H and O–H groups in total. The summed E-state index contributed by atoms with van der Waals surface area (Å²) in [7, 11) is -7.78. The number of nitrogens with one attached hydrogen (secondary N) is 2. The van der Waals surface area contributed by atoms with E-state index in [-0.39, 0.29) is 11.5 Å². The van der Waals surface area contributed by atoms with Crippen molar-refractivity contribution in [3.05, 3.63) is 35.4 Å². The van der Waals surface area contributed by atoms with Crippen molar-refractivity contribution in [3.63, 3.8) is 0 Å². The lowest BCUT2D eigenvalue weighted by molar-refractivity contribution is 0.477. The van der Waals surface area contributed by atoms with Crippen molar-refractivity contribution in [2.24, 2.45) is 0 Å². The van der Waals surface area contributed by atoms with Gasteiger partial charge in [-0.1, -0.05) is 24.3 Å². The van der Waals surface area contributed by atoms with E-state index in [1.807, 2.05) is 24.3 Å². The van der Waals surface area contributed by atoms with Crippen LogP contribution in [0.1, 0.15) is 24.0 Å². The van der Waals surface area contributed by atoms with Crippen LogP contribution >= 0.6 is 0 Å². The molecule has 1 rings (SSSR count). The molecule has 0 unspecified atom stereocenters. The Hall–Kier alpha value is -1.04. The second-order valence-electron chi connectivity index (χ2n) is 5.45. The molecule has 24 heavy (non-hydrogen) atoms. The SMILES string of the molecule is O=S(=O)(O)CCCNCc1ccc(CNCCCS(=O)(=O)O)cc1. The van der Waals surface area contributed by atoms with E-state index < -0.39 is 20.2 Å². The largest absolute Gasteiger partial charge is 0.313 e. The molecule has 10 heteroatoms. The smallest absolute Gasteiger partial charge is 0.264 e. The lowest BCUT2D eigenvalue weighted by atomic mass is 10.1. The van der Waals surface area contributed by atoms with E-state index in [0.29, 0.717) is 39.0 Å². The van der Waals surface area contributed by atoms with Crippen LogP contribution in [0.3, 0.4) is 0 Å². The Morgan fingerprint density at radius 2 is 1.04 bits per heavy atom. The first-order valence-electron chi connectivity index (χ1n) is 7.55. The van der Waals surface area contributed by atoms with E-state index in [2.05, 4.69) is 10.6 Å². The standard InChI is InChI=1S/C14H24N2O6S2/c17-23(18,19)9-1-7-15-11-13-3-5-14(6-4-13)12-16-8-2-10-24(20,21)22/h3-6,15-16H,1-2,7-12H2,(H,17,18,19)(H,20,21,22). The van der Waals surface area contributed by atoms with E-state index >= 15 is 0 Å². The van der Waals surface area contributed by atoms with Gasteiger partial charge in [0.05, 0.1) is 11.5 Å². The quantitative estimate of drug-likeness (QED) is 0.303. The average molecular weight is 380 g/mol. The van der Waals surface area contributed by atoms with Gasteiger partial charge in [-0.3, -0.25) is 9.11 Å². The van der Waals surface area contributed by atoms with Crippen molar-refractivity contribution < 1.29 is 25.9 Å². The average Bonchev–Trinajstić information content (AvgIpc) is 2.45. The summed E-state index contributed by atoms with van der Waals surface area (Å²) in [5.74, 6) is -0.496. The molecule has 0 saturated heterocycles. The van der Waals surface area contributed by atoms with Crippen LogP contribution in [0.5, 0.6) is 0 Å². The Morgan fingerprint density at radius 3 is 1.33 bits per heavy atom. The van der Waals surface area contributed by atoms with Crippen LogP contribution in [0.4, 0.5) is 0 Å². The van der Waals surface area contributed by atoms with Crippen molar-refractivity contribution >= 4 is 20.2 Å². The zero-order chi connectivity index (χ0) is 18.1. The van der Waals surface area contributed by atoms with Crippen LogP contribution in [0.15, 0.2) is 24.3 Å². The minimum atomic E-state index is -3.89. The third-order valence-corrected chi connectivity index (χ3v) is 4.80. The molecule has 1 aromatic rings. The lowest BCUT2D eigenvalue weighted by Gasteiger charge is -2.07. The van der Waals surface area contributed by atoms with Gasteiger partial charge in [0.25, 0.3) is 20.2 Å². The summed E-state index contributed by atoms with van der Waals surface area (Å²) in [5, 5.41) is 6.19. The molecule has 0 aliphatic heterocycles. The molecule has 1 aromatic carbocycles. The fourth-order valence-electron chi connectivity index (χ4n) is 2.00. The molecular formula is C14H24N2O6S2. The molecule has 0 amide bonds. The third-order valence-electron chi connectivity index (χ3n) is 3.19. The molecule has 0 aliphatic rings. The van der Waals surface area contributed by atoms with Crippen LogP contribution in [0, 0.1) is 0 Å². The topological polar surface area (TPSA) is 133 Å². The molecule has 0 radical (unpaired) electrons. The molecule has 0 bridgehead atoms. The Labute approximate surface area is 143 Å². The summed E-state index contributed by atoms with van der Waals surface area (Å²) in [4.78, 5) is 0. The zero-order valence-electron chi connectivity index (χ0n) is 13.3. The fraction of sp³-hybridized carbons (Fsp3) is 0.571. The van der Waals surface area contributed by atoms with Gasteiger partial charge >= 0.3 is 0 Å². The van der Waals surface area contributed by atoms with Gasteiger partial charge in [-0.15, -0.1) is 0 Å². The maximum atomic E-state index is 10.6. The van der Waals surface area contributed by atoms with Gasteiger partial charge in [-0.2, -0.15) is 16.8 Å². The number of benzene rings is 1. The third kappa shape index (κ3) is 11.5. The van der Waals surface area contributed by atoms with Gasteiger partial charge in [0.1, 0.15) is 0 Å². The van der Waals surface area contributed by atoms with Crippen LogP contribution in [-0.2, 0) is 33.3 Å². The minimum Gasteiger partial charge on any atom is -0.313 e. The number of hydrogen-bond acceptors (Lipinski definition) is 6. The molecule has 0 fully saturated rings. The number of rotatable bonds is 12. The molecule has 0 spiro atoms. The molecule has 0 aliphatic carbocycles. The van der Waals surface area contributed by atoms with Crippen LogP contribution in [-0.4, -0.2) is 50.5 Å². The Bertz CT molecular complexity index is 625. The first kappa shape index (κ1) is 21.0. The highest BCUT2D eigenvalue weighted by molar-refractivity contribution is 7.86. The molecule has 0 atom stereocenters. The second-order valence-corrected chi connectivity index (χ2v) is 8.59. The highest BCUT2D eigenvalue weighted by Gasteiger charge is 2.04. The van der Waals surface area contributed by atoms with Crippen molar-refractivity contribution in [3.8, 4) is 0 Å². The van der Waals surface area contributed by atoms with Gasteiger partial charge in [-0.05, 0) is 37.1 Å². The van der Waals surface area contributed by atoms with Crippen LogP contribution in [0.25, 0.3) is 0 Å². The maximum Gasteiger partial charge on any atom is 0.264 e. The summed E-state index contributed by atoms with van der Waals surface area (Å²) in [6.07, 6.45) is 0.703. The molecule has 0 aromatic heterocycles. The zero-order valence-corrected chi connectivity index (χ0v) is 14.9. The van der Waals surface area contributed by atoms with E-state index in [1.165, 1.54) is 0 Å². The van der Waals surface area contributed by atoms with E-state index in [1.54, 1.807) is 0 Å². The van der Waals surface area contributed by atoms with Gasteiger partial charge in [0, 0.05) is 13.1 Å². The normalized spacial score (nSPS) is 12.4. The van der Waals surface area contributed by atoms with Crippen molar-refractivity contribution in [2.75, 3.05) is 24.6 Å². The van der Waals surface area contributed by atoms with Crippen molar-refractivity contribution in [1.29, 1.82) is 0 Å². The van der Waals surface area contributed by atoms with Crippen LogP contribution < -0.4 is 10.6 Å². The van der Waals surface area contributed by atoms with Gasteiger partial charge in [0.15, 0.2) is 0 Å². The Morgan fingerprint density at radius 1 is 0.708 bits per heavy atom. The highest BCUT2D eigenvalue weighted by atomic mass is 32.2. The summed E-state index contributed by atoms with van der Waals surface area (Å²) >= 11 is 0. The van der Waals surface area contributed by atoms with Crippen molar-refractivity contribution in [1.82, 2.24) is 10.6 Å². The minimum absolute atomic E-state index is 0.248. The molecule has 0 heterocycles. The Kier molecular flexibility index (Phi) is 8.81. The molecule has 8 nitrogen and oxygen atoms in total. The maximum absolute atomic E-state index is 10.6. The molecule has 138 valence electrons. The first-order chi connectivity index (χ1) is 11.2. The van der Waals surface area contributed by atoms with Crippen molar-refractivity contribution in [2.45, 2.75) is 25.9 Å². The van der Waals surface area contributed by atoms with Gasteiger partial charge in [0.2, 0.25) is 0 Å². The van der Waals surface area contributed by atoms with E-state index in [9.17, 15) is 16.8 Å². The number of hydrogen-bond donors (Lipinski definition) is 4. The summed E-state index contributed by atoms with van der Waals surface area (Å²) in [5.41, 5.74) is 2.11. The van der Waals surface area contributed by atoms with Crippen LogP contribution in [0.2, 0.25) is 0 Å². The van der Waals surface area contributed by atoms with Gasteiger partial charge < -0.3 is 10.6 Å². The van der Waals surface area contributed by atoms with E-state index in [0.717, 1.165) is 11.1 Å². The Balaban J connectivity index is 2.19. The van der Waals surface area contributed by atoms with E-state index in [4.69, 9.17) is 9.11 Å². The first-order valence-corrected chi connectivity index (χ1v) is 10.8. The summed E-state index contributed by atoms with van der Waals surface area (Å²) in [6.45, 7) is 2.20. The highest BCUT2D eigenvalue weighted by Crippen LogP contribution is 2.04. The molecule has 0 saturated carbocycles. The predicted octanol–water partition coefficient (Wildman–Crippen LogP) is 0.422. The van der Waals surface area contributed by atoms with Gasteiger partial charge in [-0.25, -0.2) is 0 Å². The monoisotopic (exact) mass is 380 g/mol.